The van der Waals surface area contributed by atoms with Crippen molar-refractivity contribution < 1.29 is 0 Å². The monoisotopic (exact) mass is 195 g/mol. The number of halogens is 1. The van der Waals surface area contributed by atoms with Crippen LogP contribution in [0.4, 0.5) is 5.69 Å². The molecule has 0 atom stereocenters. The molecule has 1 nitrogen and oxygen atoms in total. The van der Waals surface area contributed by atoms with E-state index in [0.717, 1.165) is 11.3 Å². The predicted molar refractivity (Wildman–Crippen MR) is 59.0 cm³/mol. The average molecular weight is 196 g/mol. The van der Waals surface area contributed by atoms with Crippen LogP contribution in [-0.4, -0.2) is 5.17 Å². The van der Waals surface area contributed by atoms with Gasteiger partial charge in [-0.2, -0.15) is 0 Å². The van der Waals surface area contributed by atoms with Crippen LogP contribution in [0, 0.1) is 12.8 Å². The molecule has 2 heteroatoms. The number of rotatable bonds is 2. The van der Waals surface area contributed by atoms with Gasteiger partial charge < -0.3 is 0 Å². The summed E-state index contributed by atoms with van der Waals surface area (Å²) < 4.78 is 0. The Morgan fingerprint density at radius 2 is 1.92 bits per heavy atom. The highest BCUT2D eigenvalue weighted by Gasteiger charge is 2.01. The molecule has 0 fully saturated rings. The van der Waals surface area contributed by atoms with E-state index < -0.39 is 0 Å². The lowest BCUT2D eigenvalue weighted by Gasteiger charge is -2.03. The van der Waals surface area contributed by atoms with Crippen LogP contribution in [0.25, 0.3) is 0 Å². The van der Waals surface area contributed by atoms with Crippen LogP contribution in [0.5, 0.6) is 0 Å². The Bertz CT molecular complexity index is 316. The van der Waals surface area contributed by atoms with Gasteiger partial charge in [-0.25, -0.2) is 4.99 Å². The maximum absolute atomic E-state index is 5.97. The number of para-hydroxylation sites is 1. The maximum atomic E-state index is 5.97. The molecule has 0 heterocycles. The number of hydrogen-bond acceptors (Lipinski definition) is 1. The minimum absolute atomic E-state index is 0.293. The maximum Gasteiger partial charge on any atom is 0.109 e. The van der Waals surface area contributed by atoms with E-state index in [1.165, 1.54) is 0 Å². The van der Waals surface area contributed by atoms with E-state index in [1.807, 2.05) is 45.0 Å². The molecule has 0 aliphatic rings. The summed E-state index contributed by atoms with van der Waals surface area (Å²) in [6.45, 7) is 6.09. The van der Waals surface area contributed by atoms with Gasteiger partial charge in [0.25, 0.3) is 0 Å². The molecule has 0 aliphatic carbocycles. The first-order valence-electron chi connectivity index (χ1n) is 4.41. The minimum Gasteiger partial charge on any atom is -0.241 e. The average Bonchev–Trinajstić information content (AvgIpc) is 2.08. The normalized spacial score (nSPS) is 12.2. The number of aliphatic imine (C=N–C) groups is 1. The number of benzene rings is 1. The smallest absolute Gasteiger partial charge is 0.109 e. The molecule has 0 unspecified atom stereocenters. The molecule has 13 heavy (non-hydrogen) atoms. The summed E-state index contributed by atoms with van der Waals surface area (Å²) in [7, 11) is 0. The van der Waals surface area contributed by atoms with Gasteiger partial charge in [-0.05, 0) is 18.6 Å². The summed E-state index contributed by atoms with van der Waals surface area (Å²) in [5.74, 6) is 0.293. The van der Waals surface area contributed by atoms with Gasteiger partial charge in [0, 0.05) is 5.92 Å². The predicted octanol–water partition coefficient (Wildman–Crippen LogP) is 3.92. The quantitative estimate of drug-likeness (QED) is 0.635. The van der Waals surface area contributed by atoms with E-state index >= 15 is 0 Å². The van der Waals surface area contributed by atoms with Crippen molar-refractivity contribution in [2.24, 2.45) is 10.9 Å². The first-order valence-corrected chi connectivity index (χ1v) is 4.78. The van der Waals surface area contributed by atoms with Crippen molar-refractivity contribution in [3.05, 3.63) is 29.8 Å². The standard InChI is InChI=1S/C11H14ClN/c1-8(2)11(12)13-10-7-5-4-6-9(10)3/h4-8H,1-3H3. The molecular weight excluding hydrogens is 182 g/mol. The molecule has 0 saturated heterocycles. The molecule has 70 valence electrons. The van der Waals surface area contributed by atoms with Crippen molar-refractivity contribution in [1.29, 1.82) is 0 Å². The molecule has 0 bridgehead atoms. The molecular formula is C11H14ClN. The van der Waals surface area contributed by atoms with Gasteiger partial charge in [-0.3, -0.25) is 0 Å². The summed E-state index contributed by atoms with van der Waals surface area (Å²) in [6.07, 6.45) is 0. The second-order valence-corrected chi connectivity index (χ2v) is 3.76. The fraction of sp³-hybridized carbons (Fsp3) is 0.364. The van der Waals surface area contributed by atoms with Crippen LogP contribution >= 0.6 is 11.6 Å². The van der Waals surface area contributed by atoms with Crippen LogP contribution < -0.4 is 0 Å². The lowest BCUT2D eigenvalue weighted by Crippen LogP contribution is -1.97. The molecule has 1 rings (SSSR count). The Hall–Kier alpha value is -0.820. The van der Waals surface area contributed by atoms with Crippen molar-refractivity contribution in [1.82, 2.24) is 0 Å². The molecule has 1 aromatic rings. The van der Waals surface area contributed by atoms with Crippen LogP contribution in [0.2, 0.25) is 0 Å². The van der Waals surface area contributed by atoms with Gasteiger partial charge >= 0.3 is 0 Å². The SMILES string of the molecule is Cc1ccccc1N=C(Cl)C(C)C. The summed E-state index contributed by atoms with van der Waals surface area (Å²) in [6, 6.07) is 7.97. The van der Waals surface area contributed by atoms with E-state index in [4.69, 9.17) is 11.6 Å². The molecule has 0 saturated carbocycles. The van der Waals surface area contributed by atoms with Crippen molar-refractivity contribution in [2.75, 3.05) is 0 Å². The zero-order valence-corrected chi connectivity index (χ0v) is 8.97. The highest BCUT2D eigenvalue weighted by Crippen LogP contribution is 2.19. The fourth-order valence-corrected chi connectivity index (χ4v) is 1.02. The van der Waals surface area contributed by atoms with Crippen LogP contribution in [0.1, 0.15) is 19.4 Å². The summed E-state index contributed by atoms with van der Waals surface area (Å²) in [5, 5.41) is 0.661. The van der Waals surface area contributed by atoms with Gasteiger partial charge in [-0.1, -0.05) is 43.6 Å². The van der Waals surface area contributed by atoms with Crippen LogP contribution in [0.15, 0.2) is 29.3 Å². The van der Waals surface area contributed by atoms with Gasteiger partial charge in [0.2, 0.25) is 0 Å². The first-order chi connectivity index (χ1) is 6.11. The topological polar surface area (TPSA) is 12.4 Å². The first kappa shape index (κ1) is 10.3. The zero-order chi connectivity index (χ0) is 9.84. The molecule has 1 aromatic carbocycles. The number of aryl methyl sites for hydroxylation is 1. The zero-order valence-electron chi connectivity index (χ0n) is 8.21. The molecule has 0 aromatic heterocycles. The molecule has 0 spiro atoms. The lowest BCUT2D eigenvalue weighted by molar-refractivity contribution is 0.899. The Balaban J connectivity index is 2.97. The van der Waals surface area contributed by atoms with E-state index in [9.17, 15) is 0 Å². The third-order valence-corrected chi connectivity index (χ3v) is 2.34. The van der Waals surface area contributed by atoms with Crippen LogP contribution in [0.3, 0.4) is 0 Å². The molecule has 0 aliphatic heterocycles. The molecule has 0 radical (unpaired) electrons. The molecule has 0 amide bonds. The van der Waals surface area contributed by atoms with Crippen LogP contribution in [-0.2, 0) is 0 Å². The highest BCUT2D eigenvalue weighted by atomic mass is 35.5. The van der Waals surface area contributed by atoms with Gasteiger partial charge in [-0.15, -0.1) is 0 Å². The Kier molecular flexibility index (Phi) is 3.49. The summed E-state index contributed by atoms with van der Waals surface area (Å²) >= 11 is 5.97. The summed E-state index contributed by atoms with van der Waals surface area (Å²) in [5.41, 5.74) is 2.11. The second-order valence-electron chi connectivity index (χ2n) is 3.38. The molecule has 0 N–H and O–H groups in total. The highest BCUT2D eigenvalue weighted by molar-refractivity contribution is 6.66. The Morgan fingerprint density at radius 1 is 1.31 bits per heavy atom. The Labute approximate surface area is 84.5 Å². The third kappa shape index (κ3) is 2.85. The van der Waals surface area contributed by atoms with Crippen molar-refractivity contribution >= 4 is 22.5 Å². The van der Waals surface area contributed by atoms with Gasteiger partial charge in [0.1, 0.15) is 5.17 Å². The fourth-order valence-electron chi connectivity index (χ4n) is 0.933. The van der Waals surface area contributed by atoms with Crippen molar-refractivity contribution in [2.45, 2.75) is 20.8 Å². The van der Waals surface area contributed by atoms with Gasteiger partial charge in [0.15, 0.2) is 0 Å². The van der Waals surface area contributed by atoms with E-state index in [0.29, 0.717) is 11.1 Å². The van der Waals surface area contributed by atoms with Crippen molar-refractivity contribution in [3.63, 3.8) is 0 Å². The minimum atomic E-state index is 0.293. The van der Waals surface area contributed by atoms with Crippen molar-refractivity contribution in [3.8, 4) is 0 Å². The van der Waals surface area contributed by atoms with E-state index in [2.05, 4.69) is 4.99 Å². The Morgan fingerprint density at radius 3 is 2.46 bits per heavy atom. The van der Waals surface area contributed by atoms with Gasteiger partial charge in [0.05, 0.1) is 5.69 Å². The number of nitrogens with zero attached hydrogens (tertiary/aromatic N) is 1. The third-order valence-electron chi connectivity index (χ3n) is 1.82. The lowest BCUT2D eigenvalue weighted by atomic mass is 10.2. The van der Waals surface area contributed by atoms with E-state index in [1.54, 1.807) is 0 Å². The second kappa shape index (κ2) is 4.43. The van der Waals surface area contributed by atoms with E-state index in [-0.39, 0.29) is 0 Å². The summed E-state index contributed by atoms with van der Waals surface area (Å²) in [4.78, 5) is 4.34. The number of hydrogen-bond donors (Lipinski definition) is 0. The largest absolute Gasteiger partial charge is 0.241 e.